The number of hydrogen-bond acceptors (Lipinski definition) is 2. The van der Waals surface area contributed by atoms with Crippen molar-refractivity contribution in [3.8, 4) is 44.9 Å². The third-order valence-electron chi connectivity index (χ3n) is 5.23. The summed E-state index contributed by atoms with van der Waals surface area (Å²) in [4.78, 5) is 9.83. The Kier molecular flexibility index (Phi) is 5.30. The molecule has 0 spiro atoms. The lowest BCUT2D eigenvalue weighted by atomic mass is 10.0. The van der Waals surface area contributed by atoms with Crippen molar-refractivity contribution in [1.29, 1.82) is 0 Å². The molecule has 0 aliphatic heterocycles. The maximum atomic E-state index is 6.36. The molecule has 0 N–H and O–H groups in total. The number of aromatic nitrogens is 2. The Labute approximate surface area is 186 Å². The lowest BCUT2D eigenvalue weighted by Crippen LogP contribution is -1.96. The van der Waals surface area contributed by atoms with Crippen molar-refractivity contribution in [3.63, 3.8) is 0 Å². The molecule has 1 aromatic heterocycles. The van der Waals surface area contributed by atoms with E-state index in [1.807, 2.05) is 66.9 Å². The minimum Gasteiger partial charge on any atom is -0.252 e. The molecule has 0 unspecified atom stereocenters. The molecule has 0 amide bonds. The summed E-state index contributed by atoms with van der Waals surface area (Å²) in [5, 5.41) is 0.744. The molecule has 0 fully saturated rings. The van der Waals surface area contributed by atoms with E-state index in [-0.39, 0.29) is 0 Å². The van der Waals surface area contributed by atoms with Gasteiger partial charge in [-0.25, -0.2) is 4.98 Å². The molecule has 1 heterocycles. The summed E-state index contributed by atoms with van der Waals surface area (Å²) >= 11 is 6.36. The van der Waals surface area contributed by atoms with Gasteiger partial charge in [-0.3, -0.25) is 4.98 Å². The van der Waals surface area contributed by atoms with Crippen LogP contribution in [0.3, 0.4) is 0 Å². The molecule has 0 aliphatic carbocycles. The fourth-order valence-electron chi connectivity index (χ4n) is 3.65. The summed E-state index contributed by atoms with van der Waals surface area (Å²) in [5.41, 5.74) is 7.79. The fourth-order valence-corrected chi connectivity index (χ4v) is 3.89. The smallest absolute Gasteiger partial charge is 0.0972 e. The van der Waals surface area contributed by atoms with Crippen molar-refractivity contribution in [2.75, 3.05) is 0 Å². The van der Waals surface area contributed by atoms with Gasteiger partial charge in [-0.2, -0.15) is 0 Å². The second-order valence-electron chi connectivity index (χ2n) is 7.24. The standard InChI is InChI=1S/C28H19ClN2/c29-25-14-8-7-13-24(25)20-15-17-21(18-16-20)26-19-30-27(22-9-3-1-4-10-22)28(31-26)23-11-5-2-6-12-23/h1-19H. The van der Waals surface area contributed by atoms with Crippen LogP contribution in [-0.2, 0) is 0 Å². The predicted octanol–water partition coefficient (Wildman–Crippen LogP) is 7.80. The van der Waals surface area contributed by atoms with Crippen LogP contribution in [0.1, 0.15) is 0 Å². The second kappa shape index (κ2) is 8.55. The molecule has 31 heavy (non-hydrogen) atoms. The van der Waals surface area contributed by atoms with Crippen LogP contribution in [0.2, 0.25) is 5.02 Å². The minimum atomic E-state index is 0.744. The van der Waals surface area contributed by atoms with Crippen LogP contribution in [0.25, 0.3) is 44.9 Å². The van der Waals surface area contributed by atoms with E-state index in [4.69, 9.17) is 21.6 Å². The molecular formula is C28H19ClN2. The van der Waals surface area contributed by atoms with Crippen molar-refractivity contribution in [3.05, 3.63) is 120 Å². The first kappa shape index (κ1) is 19.2. The SMILES string of the molecule is Clc1ccccc1-c1ccc(-c2cnc(-c3ccccc3)c(-c3ccccc3)n2)cc1. The summed E-state index contributed by atoms with van der Waals surface area (Å²) in [6, 6.07) is 36.5. The Morgan fingerprint density at radius 1 is 0.484 bits per heavy atom. The Hall–Kier alpha value is -3.75. The maximum Gasteiger partial charge on any atom is 0.0972 e. The molecule has 0 atom stereocenters. The van der Waals surface area contributed by atoms with Gasteiger partial charge in [0, 0.05) is 27.3 Å². The van der Waals surface area contributed by atoms with Crippen LogP contribution in [0.5, 0.6) is 0 Å². The van der Waals surface area contributed by atoms with Crippen LogP contribution in [0, 0.1) is 0 Å². The number of benzene rings is 4. The Balaban J connectivity index is 1.58. The largest absolute Gasteiger partial charge is 0.252 e. The topological polar surface area (TPSA) is 25.8 Å². The van der Waals surface area contributed by atoms with E-state index in [1.165, 1.54) is 0 Å². The second-order valence-corrected chi connectivity index (χ2v) is 7.65. The van der Waals surface area contributed by atoms with E-state index in [0.717, 1.165) is 49.9 Å². The van der Waals surface area contributed by atoms with Crippen LogP contribution < -0.4 is 0 Å². The Morgan fingerprint density at radius 2 is 1.03 bits per heavy atom. The maximum absolute atomic E-state index is 6.36. The van der Waals surface area contributed by atoms with Gasteiger partial charge in [0.15, 0.2) is 0 Å². The molecule has 0 radical (unpaired) electrons. The van der Waals surface area contributed by atoms with Gasteiger partial charge in [-0.15, -0.1) is 0 Å². The first-order valence-corrected chi connectivity index (χ1v) is 10.5. The highest BCUT2D eigenvalue weighted by Gasteiger charge is 2.13. The first-order chi connectivity index (χ1) is 15.3. The van der Waals surface area contributed by atoms with Crippen molar-refractivity contribution >= 4 is 11.6 Å². The number of rotatable bonds is 4. The average molecular weight is 419 g/mol. The third-order valence-corrected chi connectivity index (χ3v) is 5.56. The zero-order valence-electron chi connectivity index (χ0n) is 16.7. The van der Waals surface area contributed by atoms with Gasteiger partial charge in [0.25, 0.3) is 0 Å². The van der Waals surface area contributed by atoms with Gasteiger partial charge < -0.3 is 0 Å². The quantitative estimate of drug-likeness (QED) is 0.297. The fraction of sp³-hybridized carbons (Fsp3) is 0. The molecule has 0 saturated heterocycles. The monoisotopic (exact) mass is 418 g/mol. The molecule has 3 heteroatoms. The lowest BCUT2D eigenvalue weighted by molar-refractivity contribution is 1.21. The van der Waals surface area contributed by atoms with Crippen LogP contribution in [0.15, 0.2) is 115 Å². The summed E-state index contributed by atoms with van der Waals surface area (Å²) in [7, 11) is 0. The summed E-state index contributed by atoms with van der Waals surface area (Å²) in [6.07, 6.45) is 1.85. The van der Waals surface area contributed by atoms with Crippen molar-refractivity contribution in [2.45, 2.75) is 0 Å². The van der Waals surface area contributed by atoms with E-state index < -0.39 is 0 Å². The Bertz CT molecular complexity index is 1310. The van der Waals surface area contributed by atoms with Gasteiger partial charge in [-0.1, -0.05) is 115 Å². The van der Waals surface area contributed by atoms with Crippen LogP contribution in [-0.4, -0.2) is 9.97 Å². The average Bonchev–Trinajstić information content (AvgIpc) is 2.85. The van der Waals surface area contributed by atoms with Gasteiger partial charge in [-0.05, 0) is 11.6 Å². The Morgan fingerprint density at radius 3 is 1.68 bits per heavy atom. The highest BCUT2D eigenvalue weighted by Crippen LogP contribution is 2.32. The van der Waals surface area contributed by atoms with Gasteiger partial charge in [0.1, 0.15) is 0 Å². The molecule has 4 aromatic carbocycles. The predicted molar refractivity (Wildman–Crippen MR) is 129 cm³/mol. The molecule has 0 aliphatic rings. The van der Waals surface area contributed by atoms with Crippen LogP contribution in [0.4, 0.5) is 0 Å². The summed E-state index contributed by atoms with van der Waals surface area (Å²) in [6.45, 7) is 0. The van der Waals surface area contributed by atoms with E-state index >= 15 is 0 Å². The zero-order valence-corrected chi connectivity index (χ0v) is 17.5. The normalized spacial score (nSPS) is 10.7. The molecule has 5 rings (SSSR count). The molecule has 148 valence electrons. The third kappa shape index (κ3) is 3.98. The first-order valence-electron chi connectivity index (χ1n) is 10.1. The lowest BCUT2D eigenvalue weighted by Gasteiger charge is -2.11. The summed E-state index contributed by atoms with van der Waals surface area (Å²) < 4.78 is 0. The molecule has 5 aromatic rings. The number of halogens is 1. The molecule has 0 bridgehead atoms. The molecular weight excluding hydrogens is 400 g/mol. The van der Waals surface area contributed by atoms with E-state index in [2.05, 4.69) is 48.5 Å². The van der Waals surface area contributed by atoms with Crippen molar-refractivity contribution in [2.24, 2.45) is 0 Å². The van der Waals surface area contributed by atoms with Gasteiger partial charge >= 0.3 is 0 Å². The zero-order chi connectivity index (χ0) is 21.0. The van der Waals surface area contributed by atoms with Crippen molar-refractivity contribution < 1.29 is 0 Å². The molecule has 2 nitrogen and oxygen atoms in total. The van der Waals surface area contributed by atoms with Crippen LogP contribution >= 0.6 is 11.6 Å². The van der Waals surface area contributed by atoms with E-state index in [9.17, 15) is 0 Å². The number of hydrogen-bond donors (Lipinski definition) is 0. The molecule has 0 saturated carbocycles. The van der Waals surface area contributed by atoms with Gasteiger partial charge in [0.05, 0.1) is 23.3 Å². The highest BCUT2D eigenvalue weighted by molar-refractivity contribution is 6.33. The number of nitrogens with zero attached hydrogens (tertiary/aromatic N) is 2. The minimum absolute atomic E-state index is 0.744. The van der Waals surface area contributed by atoms with Gasteiger partial charge in [0.2, 0.25) is 0 Å². The van der Waals surface area contributed by atoms with E-state index in [0.29, 0.717) is 0 Å². The van der Waals surface area contributed by atoms with Crippen molar-refractivity contribution in [1.82, 2.24) is 9.97 Å². The highest BCUT2D eigenvalue weighted by atomic mass is 35.5. The van der Waals surface area contributed by atoms with E-state index in [1.54, 1.807) is 0 Å². The summed E-state index contributed by atoms with van der Waals surface area (Å²) in [5.74, 6) is 0.